The van der Waals surface area contributed by atoms with Gasteiger partial charge in [0.05, 0.1) is 11.6 Å². The van der Waals surface area contributed by atoms with Gasteiger partial charge in [-0.15, -0.1) is 5.10 Å². The molecule has 0 aliphatic heterocycles. The molecule has 7 heteroatoms. The molecular weight excluding hydrogens is 236 g/mol. The average molecular weight is 244 g/mol. The van der Waals surface area contributed by atoms with Crippen molar-refractivity contribution in [3.8, 4) is 6.07 Å². The van der Waals surface area contributed by atoms with Gasteiger partial charge in [0.2, 0.25) is 5.16 Å². The Kier molecular flexibility index (Phi) is 2.49. The highest BCUT2D eigenvalue weighted by molar-refractivity contribution is 7.99. The second-order valence-corrected chi connectivity index (χ2v) is 4.72. The van der Waals surface area contributed by atoms with Gasteiger partial charge in [-0.25, -0.2) is 9.67 Å². The van der Waals surface area contributed by atoms with Crippen LogP contribution in [0.3, 0.4) is 0 Å². The SMILES string of the molecule is N#Cc1ccc(Sc2nnnn2C2CC2)nc1. The van der Waals surface area contributed by atoms with Gasteiger partial charge in [-0.05, 0) is 47.2 Å². The molecule has 17 heavy (non-hydrogen) atoms. The van der Waals surface area contributed by atoms with Crippen molar-refractivity contribution in [2.24, 2.45) is 0 Å². The fourth-order valence-electron chi connectivity index (χ4n) is 1.40. The van der Waals surface area contributed by atoms with Gasteiger partial charge in [0.1, 0.15) is 11.1 Å². The predicted molar refractivity (Wildman–Crippen MR) is 59.2 cm³/mol. The fraction of sp³-hybridized carbons (Fsp3) is 0.300. The maximum Gasteiger partial charge on any atom is 0.215 e. The molecule has 0 radical (unpaired) electrons. The largest absolute Gasteiger partial charge is 0.248 e. The van der Waals surface area contributed by atoms with Crippen LogP contribution in [0.5, 0.6) is 0 Å². The minimum Gasteiger partial charge on any atom is -0.248 e. The molecule has 0 saturated heterocycles. The van der Waals surface area contributed by atoms with Crippen LogP contribution < -0.4 is 0 Å². The Bertz CT molecular complexity index is 565. The van der Waals surface area contributed by atoms with Gasteiger partial charge in [0.25, 0.3) is 0 Å². The third kappa shape index (κ3) is 2.12. The van der Waals surface area contributed by atoms with Crippen LogP contribution in [0, 0.1) is 11.3 Å². The lowest BCUT2D eigenvalue weighted by molar-refractivity contribution is 0.565. The number of hydrogen-bond acceptors (Lipinski definition) is 6. The van der Waals surface area contributed by atoms with Crippen molar-refractivity contribution in [2.45, 2.75) is 29.1 Å². The van der Waals surface area contributed by atoms with Gasteiger partial charge in [-0.2, -0.15) is 5.26 Å². The average Bonchev–Trinajstić information content (AvgIpc) is 3.11. The van der Waals surface area contributed by atoms with Crippen LogP contribution in [0.2, 0.25) is 0 Å². The smallest absolute Gasteiger partial charge is 0.215 e. The van der Waals surface area contributed by atoms with Crippen molar-refractivity contribution in [3.63, 3.8) is 0 Å². The Balaban J connectivity index is 1.81. The van der Waals surface area contributed by atoms with Gasteiger partial charge < -0.3 is 0 Å². The molecule has 2 aromatic rings. The van der Waals surface area contributed by atoms with E-state index in [4.69, 9.17) is 5.26 Å². The van der Waals surface area contributed by atoms with Crippen molar-refractivity contribution in [1.29, 1.82) is 5.26 Å². The van der Waals surface area contributed by atoms with E-state index in [1.54, 1.807) is 18.3 Å². The normalized spacial score (nSPS) is 14.5. The summed E-state index contributed by atoms with van der Waals surface area (Å²) in [5.74, 6) is 0. The van der Waals surface area contributed by atoms with E-state index in [9.17, 15) is 0 Å². The molecule has 1 aliphatic carbocycles. The maximum absolute atomic E-state index is 8.68. The van der Waals surface area contributed by atoms with Gasteiger partial charge in [0.15, 0.2) is 0 Å². The van der Waals surface area contributed by atoms with Crippen LogP contribution in [-0.4, -0.2) is 25.2 Å². The first-order chi connectivity index (χ1) is 8.36. The fourth-order valence-corrected chi connectivity index (χ4v) is 2.19. The van der Waals surface area contributed by atoms with Gasteiger partial charge in [0, 0.05) is 6.20 Å². The summed E-state index contributed by atoms with van der Waals surface area (Å²) in [5, 5.41) is 21.8. The highest BCUT2D eigenvalue weighted by Crippen LogP contribution is 2.37. The highest BCUT2D eigenvalue weighted by Gasteiger charge is 2.28. The molecule has 0 aromatic carbocycles. The van der Waals surface area contributed by atoms with Crippen molar-refractivity contribution >= 4 is 11.8 Å². The Labute approximate surface area is 102 Å². The summed E-state index contributed by atoms with van der Waals surface area (Å²) in [7, 11) is 0. The lowest BCUT2D eigenvalue weighted by Gasteiger charge is -2.00. The first-order valence-corrected chi connectivity index (χ1v) is 6.00. The molecule has 3 rings (SSSR count). The lowest BCUT2D eigenvalue weighted by Crippen LogP contribution is -1.98. The van der Waals surface area contributed by atoms with E-state index in [2.05, 4.69) is 20.5 Å². The molecule has 0 unspecified atom stereocenters. The van der Waals surface area contributed by atoms with E-state index in [0.717, 1.165) is 23.0 Å². The summed E-state index contributed by atoms with van der Waals surface area (Å²) in [4.78, 5) is 4.18. The molecule has 2 heterocycles. The number of nitriles is 1. The summed E-state index contributed by atoms with van der Waals surface area (Å²) in [6.07, 6.45) is 3.83. The minimum atomic E-state index is 0.450. The zero-order valence-corrected chi connectivity index (χ0v) is 9.63. The third-order valence-electron chi connectivity index (χ3n) is 2.42. The molecule has 0 atom stereocenters. The van der Waals surface area contributed by atoms with Crippen molar-refractivity contribution in [2.75, 3.05) is 0 Å². The molecule has 1 aliphatic rings. The Morgan fingerprint density at radius 2 is 2.29 bits per heavy atom. The molecule has 0 spiro atoms. The summed E-state index contributed by atoms with van der Waals surface area (Å²) in [6.45, 7) is 0. The number of nitrogens with zero attached hydrogens (tertiary/aromatic N) is 6. The summed E-state index contributed by atoms with van der Waals surface area (Å²) in [6, 6.07) is 6.02. The van der Waals surface area contributed by atoms with Gasteiger partial charge in [-0.3, -0.25) is 0 Å². The van der Waals surface area contributed by atoms with Crippen LogP contribution >= 0.6 is 11.8 Å². The quantitative estimate of drug-likeness (QED) is 0.812. The molecule has 6 nitrogen and oxygen atoms in total. The molecule has 84 valence electrons. The highest BCUT2D eigenvalue weighted by atomic mass is 32.2. The van der Waals surface area contributed by atoms with Crippen LogP contribution in [-0.2, 0) is 0 Å². The van der Waals surface area contributed by atoms with E-state index in [1.807, 2.05) is 10.8 Å². The number of rotatable bonds is 3. The summed E-state index contributed by atoms with van der Waals surface area (Å²) >= 11 is 1.41. The number of hydrogen-bond donors (Lipinski definition) is 0. The van der Waals surface area contributed by atoms with E-state index in [1.165, 1.54) is 11.8 Å². The summed E-state index contributed by atoms with van der Waals surface area (Å²) in [5.41, 5.74) is 0.552. The Morgan fingerprint density at radius 1 is 1.41 bits per heavy atom. The van der Waals surface area contributed by atoms with Crippen LogP contribution in [0.15, 0.2) is 28.5 Å². The molecule has 1 fully saturated rings. The van der Waals surface area contributed by atoms with Crippen molar-refractivity contribution in [3.05, 3.63) is 23.9 Å². The van der Waals surface area contributed by atoms with Gasteiger partial charge >= 0.3 is 0 Å². The lowest BCUT2D eigenvalue weighted by atomic mass is 10.3. The van der Waals surface area contributed by atoms with E-state index >= 15 is 0 Å². The van der Waals surface area contributed by atoms with E-state index in [0.29, 0.717) is 11.6 Å². The second-order valence-electron chi connectivity index (χ2n) is 3.74. The molecule has 2 aromatic heterocycles. The zero-order valence-electron chi connectivity index (χ0n) is 8.82. The summed E-state index contributed by atoms with van der Waals surface area (Å²) < 4.78 is 1.84. The number of tetrazole rings is 1. The molecular formula is C10H8N6S. The zero-order chi connectivity index (χ0) is 11.7. The van der Waals surface area contributed by atoms with Crippen LogP contribution in [0.4, 0.5) is 0 Å². The molecule has 1 saturated carbocycles. The first kappa shape index (κ1) is 10.2. The van der Waals surface area contributed by atoms with Gasteiger partial charge in [-0.1, -0.05) is 0 Å². The monoisotopic (exact) mass is 244 g/mol. The molecule has 0 N–H and O–H groups in total. The predicted octanol–water partition coefficient (Wildman–Crippen LogP) is 1.43. The Hall–Kier alpha value is -1.94. The number of aromatic nitrogens is 5. The second kappa shape index (κ2) is 4.14. The Morgan fingerprint density at radius 3 is 2.94 bits per heavy atom. The van der Waals surface area contributed by atoms with E-state index in [-0.39, 0.29) is 0 Å². The van der Waals surface area contributed by atoms with Crippen molar-refractivity contribution < 1.29 is 0 Å². The minimum absolute atomic E-state index is 0.450. The number of pyridine rings is 1. The topological polar surface area (TPSA) is 80.3 Å². The van der Waals surface area contributed by atoms with Crippen LogP contribution in [0.25, 0.3) is 0 Å². The van der Waals surface area contributed by atoms with E-state index < -0.39 is 0 Å². The standard InChI is InChI=1S/C10H8N6S/c11-5-7-1-4-9(12-6-7)17-10-13-14-15-16(10)8-2-3-8/h1,4,6,8H,2-3H2. The molecule has 0 amide bonds. The maximum atomic E-state index is 8.68. The van der Waals surface area contributed by atoms with Crippen LogP contribution in [0.1, 0.15) is 24.4 Å². The first-order valence-electron chi connectivity index (χ1n) is 5.18. The molecule has 0 bridgehead atoms. The third-order valence-corrected chi connectivity index (χ3v) is 3.32. The van der Waals surface area contributed by atoms with Crippen molar-refractivity contribution in [1.82, 2.24) is 25.2 Å².